The van der Waals surface area contributed by atoms with Crippen molar-refractivity contribution in [3.8, 4) is 0 Å². The average Bonchev–Trinajstić information content (AvgIpc) is 3.32. The largest absolute Gasteiger partial charge is 0.416 e. The van der Waals surface area contributed by atoms with Gasteiger partial charge in [-0.05, 0) is 61.2 Å². The van der Waals surface area contributed by atoms with Crippen molar-refractivity contribution in [2.24, 2.45) is 5.73 Å². The molecule has 0 aliphatic carbocycles. The second kappa shape index (κ2) is 10.9. The summed E-state index contributed by atoms with van der Waals surface area (Å²) in [6.45, 7) is 4.15. The van der Waals surface area contributed by atoms with Gasteiger partial charge in [-0.1, -0.05) is 30.0 Å². The summed E-state index contributed by atoms with van der Waals surface area (Å²) in [6.07, 6.45) is -1.70. The summed E-state index contributed by atoms with van der Waals surface area (Å²) in [5, 5.41) is 6.89. The summed E-state index contributed by atoms with van der Waals surface area (Å²) in [5.74, 6) is 0. The smallest absolute Gasteiger partial charge is 0.380 e. The lowest BCUT2D eigenvalue weighted by Gasteiger charge is -2.34. The van der Waals surface area contributed by atoms with Gasteiger partial charge in [-0.2, -0.15) is 13.2 Å². The van der Waals surface area contributed by atoms with Crippen molar-refractivity contribution in [2.45, 2.75) is 41.3 Å². The lowest BCUT2D eigenvalue weighted by atomic mass is 10.0. The van der Waals surface area contributed by atoms with Gasteiger partial charge in [0, 0.05) is 59.9 Å². The molecule has 0 atom stereocenters. The summed E-state index contributed by atoms with van der Waals surface area (Å²) in [5.41, 5.74) is 10.8. The normalized spacial score (nSPS) is 17.2. The van der Waals surface area contributed by atoms with E-state index in [-0.39, 0.29) is 18.4 Å². The number of rotatable bonds is 5. The van der Waals surface area contributed by atoms with Gasteiger partial charge in [-0.3, -0.25) is 0 Å². The molecule has 38 heavy (non-hydrogen) atoms. The maximum atomic E-state index is 13.9. The molecule has 0 radical (unpaired) electrons. The molecule has 3 aliphatic rings. The van der Waals surface area contributed by atoms with Crippen molar-refractivity contribution in [1.29, 1.82) is 0 Å². The van der Waals surface area contributed by atoms with Crippen LogP contribution >= 0.6 is 24.2 Å². The molecule has 3 aromatic rings. The Balaban J connectivity index is 0.00000294. The predicted octanol–water partition coefficient (Wildman–Crippen LogP) is 6.86. The van der Waals surface area contributed by atoms with E-state index < -0.39 is 11.7 Å². The number of nitrogens with two attached hydrogens (primary N) is 1. The van der Waals surface area contributed by atoms with Gasteiger partial charge >= 0.3 is 6.18 Å². The molecule has 0 spiro atoms. The number of anilines is 5. The monoisotopic (exact) mass is 561 g/mol. The zero-order valence-electron chi connectivity index (χ0n) is 20.9. The molecular formula is C28H31ClF3N5S. The van der Waals surface area contributed by atoms with Crippen LogP contribution in [0.3, 0.4) is 0 Å². The minimum absolute atomic E-state index is 0. The van der Waals surface area contributed by atoms with Crippen molar-refractivity contribution in [1.82, 2.24) is 4.90 Å². The maximum absolute atomic E-state index is 13.9. The van der Waals surface area contributed by atoms with Crippen LogP contribution in [0.2, 0.25) is 0 Å². The van der Waals surface area contributed by atoms with Crippen LogP contribution in [0.25, 0.3) is 0 Å². The Labute approximate surface area is 231 Å². The number of alkyl halides is 3. The molecule has 10 heteroatoms. The zero-order valence-corrected chi connectivity index (χ0v) is 22.5. The number of likely N-dealkylation sites (tertiary alicyclic amines) is 1. The molecule has 0 unspecified atom stereocenters. The van der Waals surface area contributed by atoms with E-state index in [1.54, 1.807) is 0 Å². The predicted molar refractivity (Wildman–Crippen MR) is 152 cm³/mol. The summed E-state index contributed by atoms with van der Waals surface area (Å²) >= 11 is 1.40. The van der Waals surface area contributed by atoms with Crippen LogP contribution in [0.5, 0.6) is 0 Å². The third-order valence-electron chi connectivity index (χ3n) is 7.47. The van der Waals surface area contributed by atoms with Gasteiger partial charge in [0.2, 0.25) is 0 Å². The lowest BCUT2D eigenvalue weighted by Crippen LogP contribution is -2.41. The first kappa shape index (κ1) is 27.0. The van der Waals surface area contributed by atoms with Crippen molar-refractivity contribution < 1.29 is 13.2 Å². The van der Waals surface area contributed by atoms with Crippen LogP contribution in [0.15, 0.2) is 64.4 Å². The molecule has 4 N–H and O–H groups in total. The average molecular weight is 562 g/mol. The lowest BCUT2D eigenvalue weighted by molar-refractivity contribution is -0.137. The third kappa shape index (κ3) is 5.30. The summed E-state index contributed by atoms with van der Waals surface area (Å²) < 4.78 is 41.6. The molecule has 0 aromatic heterocycles. The molecule has 0 bridgehead atoms. The number of nitrogens with one attached hydrogen (secondary N) is 2. The highest BCUT2D eigenvalue weighted by molar-refractivity contribution is 7.99. The number of para-hydroxylation sites is 1. The van der Waals surface area contributed by atoms with Crippen LogP contribution in [-0.2, 0) is 12.6 Å². The fraction of sp³-hybridized carbons (Fsp3) is 0.357. The van der Waals surface area contributed by atoms with E-state index in [1.807, 2.05) is 12.1 Å². The van der Waals surface area contributed by atoms with Crippen molar-refractivity contribution in [3.63, 3.8) is 0 Å². The van der Waals surface area contributed by atoms with Crippen LogP contribution in [0.4, 0.5) is 41.6 Å². The Kier molecular flexibility index (Phi) is 7.73. The number of piperidine rings is 1. The van der Waals surface area contributed by atoms with Crippen LogP contribution in [0.1, 0.15) is 24.0 Å². The summed E-state index contributed by atoms with van der Waals surface area (Å²) in [4.78, 5) is 6.10. The minimum Gasteiger partial charge on any atom is -0.380 e. The second-order valence-electron chi connectivity index (χ2n) is 9.88. The number of hydrogen-bond acceptors (Lipinski definition) is 6. The van der Waals surface area contributed by atoms with E-state index in [1.165, 1.54) is 35.1 Å². The number of nitrogens with zero attached hydrogens (tertiary/aromatic N) is 2. The second-order valence-corrected chi connectivity index (χ2v) is 11.0. The van der Waals surface area contributed by atoms with Gasteiger partial charge < -0.3 is 26.2 Å². The highest BCUT2D eigenvalue weighted by Gasteiger charge is 2.34. The topological polar surface area (TPSA) is 56.6 Å². The summed E-state index contributed by atoms with van der Waals surface area (Å²) in [7, 11) is 0. The zero-order chi connectivity index (χ0) is 25.6. The first-order chi connectivity index (χ1) is 17.9. The van der Waals surface area contributed by atoms with Crippen molar-refractivity contribution in [2.75, 3.05) is 48.3 Å². The van der Waals surface area contributed by atoms with Crippen LogP contribution in [0, 0.1) is 0 Å². The van der Waals surface area contributed by atoms with E-state index in [0.29, 0.717) is 22.8 Å². The molecule has 0 saturated carbocycles. The number of benzene rings is 3. The Morgan fingerprint density at radius 3 is 2.55 bits per heavy atom. The highest BCUT2D eigenvalue weighted by atomic mass is 35.5. The fourth-order valence-electron chi connectivity index (χ4n) is 5.53. The fourth-order valence-corrected chi connectivity index (χ4v) is 6.63. The van der Waals surface area contributed by atoms with Gasteiger partial charge in [0.1, 0.15) is 0 Å². The third-order valence-corrected chi connectivity index (χ3v) is 8.57. The summed E-state index contributed by atoms with van der Waals surface area (Å²) in [6, 6.07) is 17.2. The van der Waals surface area contributed by atoms with Gasteiger partial charge in [-0.25, -0.2) is 0 Å². The van der Waals surface area contributed by atoms with Crippen molar-refractivity contribution >= 4 is 52.6 Å². The molecular weight excluding hydrogens is 531 g/mol. The van der Waals surface area contributed by atoms with Crippen molar-refractivity contribution in [3.05, 3.63) is 65.7 Å². The van der Waals surface area contributed by atoms with E-state index >= 15 is 0 Å². The maximum Gasteiger partial charge on any atom is 0.416 e. The number of fused-ring (bicyclic) bond motifs is 3. The Morgan fingerprint density at radius 2 is 1.79 bits per heavy atom. The first-order valence-electron chi connectivity index (χ1n) is 12.8. The van der Waals surface area contributed by atoms with Crippen LogP contribution in [-0.4, -0.2) is 43.7 Å². The number of halogens is 4. The van der Waals surface area contributed by atoms with Gasteiger partial charge in [0.05, 0.1) is 22.6 Å². The van der Waals surface area contributed by atoms with E-state index in [0.717, 1.165) is 61.7 Å². The molecule has 202 valence electrons. The van der Waals surface area contributed by atoms with Gasteiger partial charge in [0.15, 0.2) is 0 Å². The molecule has 3 aliphatic heterocycles. The highest BCUT2D eigenvalue weighted by Crippen LogP contribution is 2.51. The SMILES string of the molecule is Cl.NCCN1CCC(Nc2cc(C(F)(F)F)cc3c2Nc2ccc(N4CCc5ccccc54)cc2S3)CC1. The molecule has 3 heterocycles. The van der Waals surface area contributed by atoms with Gasteiger partial charge in [-0.15, -0.1) is 12.4 Å². The Bertz CT molecular complexity index is 1310. The molecule has 1 fully saturated rings. The Morgan fingerprint density at radius 1 is 1.00 bits per heavy atom. The van der Waals surface area contributed by atoms with Crippen LogP contribution < -0.4 is 21.3 Å². The minimum atomic E-state index is -4.42. The number of hydrogen-bond donors (Lipinski definition) is 3. The van der Waals surface area contributed by atoms with E-state index in [4.69, 9.17) is 5.73 Å². The van der Waals surface area contributed by atoms with E-state index in [9.17, 15) is 13.2 Å². The molecule has 6 rings (SSSR count). The van der Waals surface area contributed by atoms with Gasteiger partial charge in [0.25, 0.3) is 0 Å². The molecule has 3 aromatic carbocycles. The Hall–Kier alpha value is -2.59. The molecule has 0 amide bonds. The molecule has 1 saturated heterocycles. The standard InChI is InChI=1S/C28H30F3N5S.ClH/c29-28(30,31)19-15-23(33-20-8-11-35(12-9-20)14-10-32)27-26(16-19)37-25-17-21(5-6-22(25)34-27)36-13-7-18-3-1-2-4-24(18)36;/h1-6,15-17,20,33-34H,7-14,32H2;1H. The molecule has 5 nitrogen and oxygen atoms in total. The van der Waals surface area contributed by atoms with E-state index in [2.05, 4.69) is 50.8 Å². The first-order valence-corrected chi connectivity index (χ1v) is 13.6. The quantitative estimate of drug-likeness (QED) is 0.247.